The number of likely N-dealkylation sites (tertiary alicyclic amines) is 1. The Morgan fingerprint density at radius 3 is 2.31 bits per heavy atom. The predicted octanol–water partition coefficient (Wildman–Crippen LogP) is 1.79. The second-order valence-electron chi connectivity index (χ2n) is 4.99. The highest BCUT2D eigenvalue weighted by Crippen LogP contribution is 2.29. The summed E-state index contributed by atoms with van der Waals surface area (Å²) in [4.78, 5) is 2.45. The molecule has 0 spiro atoms. The number of benzene rings is 1. The van der Waals surface area contributed by atoms with Crippen molar-refractivity contribution in [1.82, 2.24) is 9.91 Å². The van der Waals surface area contributed by atoms with Gasteiger partial charge in [0.15, 0.2) is 0 Å². The normalized spacial score (nSPS) is 30.6. The minimum atomic E-state index is 0.684. The van der Waals surface area contributed by atoms with Gasteiger partial charge in [-0.3, -0.25) is 0 Å². The highest BCUT2D eigenvalue weighted by molar-refractivity contribution is 5.42. The van der Waals surface area contributed by atoms with E-state index >= 15 is 0 Å². The molecule has 3 rings (SSSR count). The lowest BCUT2D eigenvalue weighted by molar-refractivity contribution is 0.106. The molecule has 86 valence electrons. The van der Waals surface area contributed by atoms with Crippen LogP contribution in [0.25, 0.3) is 0 Å². The van der Waals surface area contributed by atoms with E-state index in [4.69, 9.17) is 0 Å². The number of piperazine rings is 1. The van der Waals surface area contributed by atoms with E-state index < -0.39 is 0 Å². The molecule has 1 N–H and O–H groups in total. The summed E-state index contributed by atoms with van der Waals surface area (Å²) in [5.41, 5.74) is 4.78. The molecule has 0 aliphatic carbocycles. The summed E-state index contributed by atoms with van der Waals surface area (Å²) in [5, 5.41) is 2.47. The number of nitrogens with zero attached hydrogens (tertiary/aromatic N) is 2. The third-order valence-electron chi connectivity index (χ3n) is 3.70. The molecule has 2 unspecified atom stereocenters. The first-order chi connectivity index (χ1) is 7.83. The summed E-state index contributed by atoms with van der Waals surface area (Å²) < 4.78 is 0. The molecule has 2 aliphatic rings. The minimum absolute atomic E-state index is 0.684. The Balaban J connectivity index is 1.72. The minimum Gasteiger partial charge on any atom is -0.318 e. The topological polar surface area (TPSA) is 18.5 Å². The third-order valence-corrected chi connectivity index (χ3v) is 3.70. The van der Waals surface area contributed by atoms with Crippen molar-refractivity contribution in [2.24, 2.45) is 0 Å². The number of rotatable bonds is 2. The first-order valence-electron chi connectivity index (χ1n) is 6.11. The van der Waals surface area contributed by atoms with E-state index in [9.17, 15) is 0 Å². The van der Waals surface area contributed by atoms with E-state index in [0.29, 0.717) is 12.1 Å². The fourth-order valence-corrected chi connectivity index (χ4v) is 2.96. The van der Waals surface area contributed by atoms with Crippen molar-refractivity contribution in [3.8, 4) is 0 Å². The Labute approximate surface area is 97.0 Å². The average Bonchev–Trinajstić information content (AvgIpc) is 2.54. The molecule has 2 bridgehead atoms. The van der Waals surface area contributed by atoms with E-state index in [-0.39, 0.29) is 0 Å². The summed E-state index contributed by atoms with van der Waals surface area (Å²) in [7, 11) is 2.23. The quantitative estimate of drug-likeness (QED) is 0.815. The van der Waals surface area contributed by atoms with Gasteiger partial charge in [0.2, 0.25) is 0 Å². The van der Waals surface area contributed by atoms with Gasteiger partial charge in [0, 0.05) is 30.9 Å². The number of fused-ring (bicyclic) bond motifs is 2. The molecule has 16 heavy (non-hydrogen) atoms. The smallest absolute Gasteiger partial charge is 0.0490 e. The van der Waals surface area contributed by atoms with Crippen molar-refractivity contribution in [3.63, 3.8) is 0 Å². The van der Waals surface area contributed by atoms with Crippen molar-refractivity contribution in [1.29, 1.82) is 0 Å². The lowest BCUT2D eigenvalue weighted by atomic mass is 10.2. The van der Waals surface area contributed by atoms with Gasteiger partial charge in [-0.15, -0.1) is 0 Å². The molecule has 1 aromatic rings. The zero-order valence-corrected chi connectivity index (χ0v) is 9.76. The molecule has 2 heterocycles. The van der Waals surface area contributed by atoms with Crippen LogP contribution in [0.2, 0.25) is 0 Å². The highest BCUT2D eigenvalue weighted by atomic mass is 15.6. The molecular weight excluding hydrogens is 198 g/mol. The maximum atomic E-state index is 3.57. The van der Waals surface area contributed by atoms with Crippen molar-refractivity contribution >= 4 is 5.69 Å². The van der Waals surface area contributed by atoms with Crippen LogP contribution in [-0.2, 0) is 0 Å². The SMILES string of the molecule is CN1CC2CCC(C1)N2Nc1ccccc1. The van der Waals surface area contributed by atoms with Crippen LogP contribution < -0.4 is 5.43 Å². The van der Waals surface area contributed by atoms with Crippen LogP contribution >= 0.6 is 0 Å². The number of anilines is 1. The Morgan fingerprint density at radius 2 is 1.69 bits per heavy atom. The first-order valence-corrected chi connectivity index (χ1v) is 6.11. The van der Waals surface area contributed by atoms with Crippen LogP contribution in [0.15, 0.2) is 30.3 Å². The standard InChI is InChI=1S/C13H19N3/c1-15-9-12-7-8-13(10-15)16(12)14-11-5-3-2-4-6-11/h2-6,12-14H,7-10H2,1H3. The fourth-order valence-electron chi connectivity index (χ4n) is 2.96. The Bertz CT molecular complexity index is 337. The van der Waals surface area contributed by atoms with Crippen LogP contribution in [0.5, 0.6) is 0 Å². The Kier molecular flexibility index (Phi) is 2.58. The van der Waals surface area contributed by atoms with Crippen molar-refractivity contribution in [3.05, 3.63) is 30.3 Å². The number of nitrogens with one attached hydrogen (secondary N) is 1. The average molecular weight is 217 g/mol. The van der Waals surface area contributed by atoms with Gasteiger partial charge in [-0.1, -0.05) is 18.2 Å². The number of hydrazine groups is 1. The predicted molar refractivity (Wildman–Crippen MR) is 66.2 cm³/mol. The molecular formula is C13H19N3. The molecule has 3 nitrogen and oxygen atoms in total. The van der Waals surface area contributed by atoms with Crippen molar-refractivity contribution < 1.29 is 0 Å². The van der Waals surface area contributed by atoms with Crippen LogP contribution in [0.3, 0.4) is 0 Å². The maximum absolute atomic E-state index is 3.57. The van der Waals surface area contributed by atoms with Crippen LogP contribution in [0.1, 0.15) is 12.8 Å². The van der Waals surface area contributed by atoms with Crippen LogP contribution in [0.4, 0.5) is 5.69 Å². The monoisotopic (exact) mass is 217 g/mol. The number of likely N-dealkylation sites (N-methyl/N-ethyl adjacent to an activating group) is 1. The van der Waals surface area contributed by atoms with Crippen molar-refractivity contribution in [2.75, 3.05) is 25.6 Å². The van der Waals surface area contributed by atoms with Gasteiger partial charge in [-0.25, -0.2) is 5.01 Å². The summed E-state index contributed by atoms with van der Waals surface area (Å²) in [6.45, 7) is 2.38. The van der Waals surface area contributed by atoms with E-state index in [0.717, 1.165) is 0 Å². The summed E-state index contributed by atoms with van der Waals surface area (Å²) >= 11 is 0. The molecule has 2 aliphatic heterocycles. The number of para-hydroxylation sites is 1. The summed E-state index contributed by atoms with van der Waals surface area (Å²) in [5.74, 6) is 0. The van der Waals surface area contributed by atoms with Gasteiger partial charge in [0.1, 0.15) is 0 Å². The van der Waals surface area contributed by atoms with Gasteiger partial charge >= 0.3 is 0 Å². The zero-order chi connectivity index (χ0) is 11.0. The van der Waals surface area contributed by atoms with Gasteiger partial charge in [-0.2, -0.15) is 0 Å². The number of hydrogen-bond acceptors (Lipinski definition) is 3. The molecule has 3 heteroatoms. The Hall–Kier alpha value is -1.06. The molecule has 2 fully saturated rings. The maximum Gasteiger partial charge on any atom is 0.0490 e. The Morgan fingerprint density at radius 1 is 1.06 bits per heavy atom. The van der Waals surface area contributed by atoms with Gasteiger partial charge in [0.05, 0.1) is 0 Å². The molecule has 0 radical (unpaired) electrons. The largest absolute Gasteiger partial charge is 0.318 e. The van der Waals surface area contributed by atoms with Gasteiger partial charge < -0.3 is 10.3 Å². The zero-order valence-electron chi connectivity index (χ0n) is 9.76. The van der Waals surface area contributed by atoms with Crippen LogP contribution in [0, 0.1) is 0 Å². The summed E-state index contributed by atoms with van der Waals surface area (Å²) in [6, 6.07) is 11.9. The lowest BCUT2D eigenvalue weighted by Crippen LogP contribution is -2.54. The molecule has 2 atom stereocenters. The van der Waals surface area contributed by atoms with E-state index in [1.165, 1.54) is 31.6 Å². The highest BCUT2D eigenvalue weighted by Gasteiger charge is 2.38. The van der Waals surface area contributed by atoms with Crippen molar-refractivity contribution in [2.45, 2.75) is 24.9 Å². The number of hydrogen-bond donors (Lipinski definition) is 1. The molecule has 0 aromatic heterocycles. The summed E-state index contributed by atoms with van der Waals surface area (Å²) in [6.07, 6.45) is 2.66. The first kappa shape index (κ1) is 10.1. The second-order valence-corrected chi connectivity index (χ2v) is 4.99. The van der Waals surface area contributed by atoms with E-state index in [1.807, 2.05) is 0 Å². The van der Waals surface area contributed by atoms with E-state index in [2.05, 4.69) is 52.7 Å². The second kappa shape index (κ2) is 4.07. The van der Waals surface area contributed by atoms with Crippen LogP contribution in [-0.4, -0.2) is 42.1 Å². The van der Waals surface area contributed by atoms with Gasteiger partial charge in [0.25, 0.3) is 0 Å². The molecule has 2 saturated heterocycles. The molecule has 1 aromatic carbocycles. The van der Waals surface area contributed by atoms with E-state index in [1.54, 1.807) is 0 Å². The third kappa shape index (κ3) is 1.81. The fraction of sp³-hybridized carbons (Fsp3) is 0.538. The van der Waals surface area contributed by atoms with Gasteiger partial charge in [-0.05, 0) is 32.0 Å². The lowest BCUT2D eigenvalue weighted by Gasteiger charge is -2.39. The molecule has 0 amide bonds. The molecule has 0 saturated carbocycles.